The van der Waals surface area contributed by atoms with E-state index in [9.17, 15) is 0 Å². The van der Waals surface area contributed by atoms with E-state index in [1.54, 1.807) is 35.5 Å². The van der Waals surface area contributed by atoms with Crippen LogP contribution in [0, 0.1) is 6.92 Å². The monoisotopic (exact) mass is 559 g/mol. The van der Waals surface area contributed by atoms with Crippen molar-refractivity contribution >= 4 is 29.9 Å². The van der Waals surface area contributed by atoms with Crippen molar-refractivity contribution in [3.8, 4) is 23.0 Å². The van der Waals surface area contributed by atoms with Gasteiger partial charge in [-0.3, -0.25) is 4.99 Å². The van der Waals surface area contributed by atoms with Crippen LogP contribution in [0.15, 0.2) is 35.3 Å². The Bertz CT molecular complexity index is 852. The van der Waals surface area contributed by atoms with E-state index < -0.39 is 0 Å². The first-order valence-electron chi connectivity index (χ1n) is 10.0. The van der Waals surface area contributed by atoms with Gasteiger partial charge in [-0.2, -0.15) is 0 Å². The number of hydrogen-bond donors (Lipinski definition) is 2. The lowest BCUT2D eigenvalue weighted by Gasteiger charge is -2.17. The molecule has 2 aromatic carbocycles. The molecule has 0 heterocycles. The Morgan fingerprint density at radius 2 is 1.50 bits per heavy atom. The molecule has 0 fully saturated rings. The molecule has 2 aromatic rings. The van der Waals surface area contributed by atoms with Gasteiger partial charge in [0, 0.05) is 32.8 Å². The number of rotatable bonds is 11. The third-order valence-electron chi connectivity index (χ3n) is 4.62. The fourth-order valence-corrected chi connectivity index (χ4v) is 3.00. The summed E-state index contributed by atoms with van der Waals surface area (Å²) in [5.41, 5.74) is 3.15. The fraction of sp³-hybridized carbons (Fsp3) is 0.435. The van der Waals surface area contributed by atoms with E-state index in [0.717, 1.165) is 22.4 Å². The Kier molecular flexibility index (Phi) is 12.6. The predicted octanol–water partition coefficient (Wildman–Crippen LogP) is 3.53. The normalized spacial score (nSPS) is 10.8. The van der Waals surface area contributed by atoms with Crippen LogP contribution in [0.4, 0.5) is 0 Å². The Morgan fingerprint density at radius 1 is 0.844 bits per heavy atom. The van der Waals surface area contributed by atoms with Crippen LogP contribution in [0.2, 0.25) is 0 Å². The van der Waals surface area contributed by atoms with Crippen LogP contribution in [0.1, 0.15) is 16.7 Å². The summed E-state index contributed by atoms with van der Waals surface area (Å²) in [5, 5.41) is 6.63. The zero-order chi connectivity index (χ0) is 22.6. The second-order valence-electron chi connectivity index (χ2n) is 6.77. The third kappa shape index (κ3) is 7.94. The number of aryl methyl sites for hydroxylation is 1. The van der Waals surface area contributed by atoms with Gasteiger partial charge >= 0.3 is 0 Å². The van der Waals surface area contributed by atoms with Crippen LogP contribution >= 0.6 is 24.0 Å². The first-order valence-corrected chi connectivity index (χ1v) is 10.0. The van der Waals surface area contributed by atoms with Crippen LogP contribution in [-0.4, -0.2) is 54.7 Å². The van der Waals surface area contributed by atoms with E-state index in [0.29, 0.717) is 49.5 Å². The molecule has 9 heteroatoms. The standard InChI is InChI=1S/C23H33N3O5.HI/c1-16-7-8-18(19(11-16)31-10-9-27-3)15-26-23(24-2)25-14-17-12-20(28-4)22(30-6)21(13-17)29-5;/h7-8,11-13H,9-10,14-15H2,1-6H3,(H2,24,25,26);1H. The van der Waals surface area contributed by atoms with E-state index in [-0.39, 0.29) is 24.0 Å². The molecule has 0 unspecified atom stereocenters. The Hall–Kier alpha value is -2.40. The number of hydrogen-bond acceptors (Lipinski definition) is 6. The summed E-state index contributed by atoms with van der Waals surface area (Å²) >= 11 is 0. The summed E-state index contributed by atoms with van der Waals surface area (Å²) in [6.45, 7) is 4.18. The number of methoxy groups -OCH3 is 4. The molecule has 0 atom stereocenters. The highest BCUT2D eigenvalue weighted by Gasteiger charge is 2.13. The molecule has 0 aromatic heterocycles. The van der Waals surface area contributed by atoms with Gasteiger partial charge in [0.25, 0.3) is 0 Å². The quantitative estimate of drug-likeness (QED) is 0.189. The van der Waals surface area contributed by atoms with Gasteiger partial charge in [0.15, 0.2) is 17.5 Å². The minimum absolute atomic E-state index is 0. The van der Waals surface area contributed by atoms with Crippen molar-refractivity contribution in [2.45, 2.75) is 20.0 Å². The van der Waals surface area contributed by atoms with Gasteiger partial charge in [0.05, 0.1) is 27.9 Å². The lowest BCUT2D eigenvalue weighted by molar-refractivity contribution is 0.145. The first kappa shape index (κ1) is 27.6. The number of nitrogens with one attached hydrogen (secondary N) is 2. The average Bonchev–Trinajstić information content (AvgIpc) is 2.79. The molecule has 0 saturated heterocycles. The van der Waals surface area contributed by atoms with E-state index in [2.05, 4.69) is 27.8 Å². The van der Waals surface area contributed by atoms with Crippen LogP contribution in [0.25, 0.3) is 0 Å². The second-order valence-corrected chi connectivity index (χ2v) is 6.77. The highest BCUT2D eigenvalue weighted by Crippen LogP contribution is 2.38. The van der Waals surface area contributed by atoms with Gasteiger partial charge in [-0.15, -0.1) is 24.0 Å². The number of halogens is 1. The van der Waals surface area contributed by atoms with Crippen molar-refractivity contribution in [2.24, 2.45) is 4.99 Å². The smallest absolute Gasteiger partial charge is 0.203 e. The summed E-state index contributed by atoms with van der Waals surface area (Å²) in [7, 11) is 8.18. The molecule has 178 valence electrons. The predicted molar refractivity (Wildman–Crippen MR) is 137 cm³/mol. The van der Waals surface area contributed by atoms with Crippen LogP contribution in [0.5, 0.6) is 23.0 Å². The van der Waals surface area contributed by atoms with Crippen molar-refractivity contribution in [1.29, 1.82) is 0 Å². The molecule has 0 aliphatic carbocycles. The number of ether oxygens (including phenoxy) is 5. The highest BCUT2D eigenvalue weighted by atomic mass is 127. The summed E-state index contributed by atoms with van der Waals surface area (Å²) in [6.07, 6.45) is 0. The Labute approximate surface area is 207 Å². The summed E-state index contributed by atoms with van der Waals surface area (Å²) < 4.78 is 27.2. The molecule has 0 saturated carbocycles. The summed E-state index contributed by atoms with van der Waals surface area (Å²) in [4.78, 5) is 4.31. The molecule has 8 nitrogen and oxygen atoms in total. The Balaban J connectivity index is 0.00000512. The van der Waals surface area contributed by atoms with Crippen LogP contribution in [0.3, 0.4) is 0 Å². The number of nitrogens with zero attached hydrogens (tertiary/aromatic N) is 1. The average molecular weight is 559 g/mol. The van der Waals surface area contributed by atoms with E-state index in [1.165, 1.54) is 0 Å². The number of benzene rings is 2. The molecule has 0 radical (unpaired) electrons. The first-order chi connectivity index (χ1) is 15.1. The van der Waals surface area contributed by atoms with Crippen molar-refractivity contribution in [3.05, 3.63) is 47.0 Å². The molecule has 32 heavy (non-hydrogen) atoms. The van der Waals surface area contributed by atoms with E-state index in [1.807, 2.05) is 25.1 Å². The third-order valence-corrected chi connectivity index (χ3v) is 4.62. The van der Waals surface area contributed by atoms with E-state index in [4.69, 9.17) is 23.7 Å². The maximum absolute atomic E-state index is 5.86. The molecule has 2 rings (SSSR count). The molecule has 0 spiro atoms. The zero-order valence-electron chi connectivity index (χ0n) is 19.6. The van der Waals surface area contributed by atoms with Gasteiger partial charge in [-0.25, -0.2) is 0 Å². The van der Waals surface area contributed by atoms with E-state index >= 15 is 0 Å². The van der Waals surface area contributed by atoms with Crippen molar-refractivity contribution in [3.63, 3.8) is 0 Å². The highest BCUT2D eigenvalue weighted by molar-refractivity contribution is 14.0. The van der Waals surface area contributed by atoms with Crippen molar-refractivity contribution in [1.82, 2.24) is 10.6 Å². The van der Waals surface area contributed by atoms with Gasteiger partial charge in [-0.05, 0) is 36.2 Å². The van der Waals surface area contributed by atoms with Gasteiger partial charge in [0.2, 0.25) is 5.75 Å². The summed E-state index contributed by atoms with van der Waals surface area (Å²) in [6, 6.07) is 9.95. The topological polar surface area (TPSA) is 82.6 Å². The van der Waals surface area contributed by atoms with Crippen LogP contribution < -0.4 is 29.6 Å². The van der Waals surface area contributed by atoms with Gasteiger partial charge < -0.3 is 34.3 Å². The lowest BCUT2D eigenvalue weighted by atomic mass is 10.1. The molecular formula is C23H34IN3O5. The fourth-order valence-electron chi connectivity index (χ4n) is 3.00. The number of guanidine groups is 1. The molecule has 2 N–H and O–H groups in total. The largest absolute Gasteiger partial charge is 0.493 e. The van der Waals surface area contributed by atoms with Gasteiger partial charge in [0.1, 0.15) is 12.4 Å². The zero-order valence-corrected chi connectivity index (χ0v) is 21.9. The SMILES string of the molecule is CN=C(NCc1cc(OC)c(OC)c(OC)c1)NCc1ccc(C)cc1OCCOC.I. The maximum atomic E-state index is 5.86. The molecule has 0 aliphatic heterocycles. The van der Waals surface area contributed by atoms with Gasteiger partial charge in [-0.1, -0.05) is 12.1 Å². The maximum Gasteiger partial charge on any atom is 0.203 e. The van der Waals surface area contributed by atoms with Crippen LogP contribution in [-0.2, 0) is 17.8 Å². The summed E-state index contributed by atoms with van der Waals surface area (Å²) in [5.74, 6) is 3.29. The van der Waals surface area contributed by atoms with Crippen molar-refractivity contribution < 1.29 is 23.7 Å². The lowest BCUT2D eigenvalue weighted by Crippen LogP contribution is -2.36. The molecular weight excluding hydrogens is 525 g/mol. The Morgan fingerprint density at radius 3 is 2.06 bits per heavy atom. The second kappa shape index (κ2) is 14.6. The number of aliphatic imine (C=N–C) groups is 1. The van der Waals surface area contributed by atoms with Crippen molar-refractivity contribution in [2.75, 3.05) is 48.7 Å². The molecule has 0 aliphatic rings. The molecule has 0 amide bonds. The minimum atomic E-state index is 0. The molecule has 0 bridgehead atoms. The minimum Gasteiger partial charge on any atom is -0.493 e.